The summed E-state index contributed by atoms with van der Waals surface area (Å²) in [4.78, 5) is 0. The Bertz CT molecular complexity index is 524. The fraction of sp³-hybridized carbons (Fsp3) is 0.0667. The van der Waals surface area contributed by atoms with Crippen LogP contribution in [0.2, 0.25) is 0 Å². The summed E-state index contributed by atoms with van der Waals surface area (Å²) in [7, 11) is 1.00. The van der Waals surface area contributed by atoms with Crippen LogP contribution in [0.4, 0.5) is 0 Å². The second-order valence-electron chi connectivity index (χ2n) is 3.71. The van der Waals surface area contributed by atoms with Crippen LogP contribution in [-0.2, 0) is 0 Å². The summed E-state index contributed by atoms with van der Waals surface area (Å²) in [5, 5.41) is 34.7. The Morgan fingerprint density at radius 3 is 1.63 bits per heavy atom. The first kappa shape index (κ1) is 14.6. The molecule has 19 heavy (non-hydrogen) atoms. The van der Waals surface area contributed by atoms with Crippen molar-refractivity contribution in [1.29, 1.82) is 0 Å². The molecule has 0 atom stereocenters. The number of hydrogen-bond acceptors (Lipinski definition) is 4. The molecule has 2 rings (SSSR count). The van der Waals surface area contributed by atoms with Gasteiger partial charge < -0.3 is 20.4 Å². The SMILES string of the molecule is CO.Oc1ccc(/C=C/c2cc(O)cc(O)c2)cc1. The minimum atomic E-state index is 0.0235. The van der Waals surface area contributed by atoms with Gasteiger partial charge in [0.25, 0.3) is 0 Å². The quantitative estimate of drug-likeness (QED) is 0.626. The lowest BCUT2D eigenvalue weighted by Gasteiger charge is -1.98. The molecule has 0 spiro atoms. The zero-order valence-electron chi connectivity index (χ0n) is 10.5. The summed E-state index contributed by atoms with van der Waals surface area (Å²) in [6.45, 7) is 0. The number of benzene rings is 2. The predicted molar refractivity (Wildman–Crippen MR) is 74.9 cm³/mol. The summed E-state index contributed by atoms with van der Waals surface area (Å²) in [5.74, 6) is 0.267. The van der Waals surface area contributed by atoms with Gasteiger partial charge in [0.1, 0.15) is 17.2 Å². The van der Waals surface area contributed by atoms with Gasteiger partial charge in [-0.2, -0.15) is 0 Å². The average Bonchev–Trinajstić information content (AvgIpc) is 2.39. The summed E-state index contributed by atoms with van der Waals surface area (Å²) < 4.78 is 0. The molecule has 4 N–H and O–H groups in total. The van der Waals surface area contributed by atoms with Crippen molar-refractivity contribution in [3.05, 3.63) is 53.6 Å². The zero-order chi connectivity index (χ0) is 14.3. The van der Waals surface area contributed by atoms with E-state index in [1.165, 1.54) is 6.07 Å². The number of aliphatic hydroxyl groups is 1. The highest BCUT2D eigenvalue weighted by molar-refractivity contribution is 5.71. The summed E-state index contributed by atoms with van der Waals surface area (Å²) in [5.41, 5.74) is 1.63. The highest BCUT2D eigenvalue weighted by Gasteiger charge is 1.95. The van der Waals surface area contributed by atoms with Crippen molar-refractivity contribution >= 4 is 12.2 Å². The lowest BCUT2D eigenvalue weighted by Crippen LogP contribution is -1.74. The summed E-state index contributed by atoms with van der Waals surface area (Å²) in [6.07, 6.45) is 3.60. The highest BCUT2D eigenvalue weighted by Crippen LogP contribution is 2.22. The van der Waals surface area contributed by atoms with Crippen LogP contribution in [0.1, 0.15) is 11.1 Å². The van der Waals surface area contributed by atoms with Crippen LogP contribution in [0, 0.1) is 0 Å². The second kappa shape index (κ2) is 7.08. The summed E-state index contributed by atoms with van der Waals surface area (Å²) >= 11 is 0. The first-order valence-corrected chi connectivity index (χ1v) is 5.58. The third-order valence-electron chi connectivity index (χ3n) is 2.29. The summed E-state index contributed by atoms with van der Waals surface area (Å²) in [6, 6.07) is 11.1. The van der Waals surface area contributed by atoms with Crippen molar-refractivity contribution in [2.24, 2.45) is 0 Å². The van der Waals surface area contributed by atoms with Gasteiger partial charge in [0, 0.05) is 13.2 Å². The smallest absolute Gasteiger partial charge is 0.119 e. The Hall–Kier alpha value is -2.46. The van der Waals surface area contributed by atoms with Gasteiger partial charge in [0.05, 0.1) is 0 Å². The van der Waals surface area contributed by atoms with Gasteiger partial charge in [-0.05, 0) is 35.4 Å². The predicted octanol–water partition coefficient (Wildman–Crippen LogP) is 2.58. The van der Waals surface area contributed by atoms with Crippen molar-refractivity contribution in [3.8, 4) is 17.2 Å². The van der Waals surface area contributed by atoms with Gasteiger partial charge in [-0.25, -0.2) is 0 Å². The van der Waals surface area contributed by atoms with Crippen LogP contribution in [0.15, 0.2) is 42.5 Å². The topological polar surface area (TPSA) is 80.9 Å². The number of rotatable bonds is 2. The van der Waals surface area contributed by atoms with E-state index in [1.807, 2.05) is 6.08 Å². The van der Waals surface area contributed by atoms with Gasteiger partial charge in [0.15, 0.2) is 0 Å². The molecule has 0 radical (unpaired) electrons. The van der Waals surface area contributed by atoms with Crippen molar-refractivity contribution in [1.82, 2.24) is 0 Å². The Balaban J connectivity index is 0.000000861. The fourth-order valence-electron chi connectivity index (χ4n) is 1.49. The number of aromatic hydroxyl groups is 3. The Labute approximate surface area is 111 Å². The van der Waals surface area contributed by atoms with Crippen LogP contribution in [0.5, 0.6) is 17.2 Å². The van der Waals surface area contributed by atoms with E-state index >= 15 is 0 Å². The molecular formula is C15H16O4. The van der Waals surface area contributed by atoms with E-state index in [-0.39, 0.29) is 17.2 Å². The minimum absolute atomic E-state index is 0.0235. The van der Waals surface area contributed by atoms with E-state index in [2.05, 4.69) is 0 Å². The standard InChI is InChI=1S/C14H12O3.CH4O/c15-12-5-3-10(4-6-12)1-2-11-7-13(16)9-14(17)8-11;1-2/h1-9,15-17H;2H,1H3/b2-1+;. The zero-order valence-corrected chi connectivity index (χ0v) is 10.5. The van der Waals surface area contributed by atoms with E-state index in [1.54, 1.807) is 42.5 Å². The van der Waals surface area contributed by atoms with Crippen LogP contribution in [-0.4, -0.2) is 27.5 Å². The van der Waals surface area contributed by atoms with Gasteiger partial charge in [-0.15, -0.1) is 0 Å². The van der Waals surface area contributed by atoms with Crippen LogP contribution in [0.25, 0.3) is 12.2 Å². The van der Waals surface area contributed by atoms with Crippen molar-refractivity contribution in [2.45, 2.75) is 0 Å². The third-order valence-corrected chi connectivity index (χ3v) is 2.29. The first-order chi connectivity index (χ1) is 9.13. The molecular weight excluding hydrogens is 244 g/mol. The van der Waals surface area contributed by atoms with Crippen molar-refractivity contribution < 1.29 is 20.4 Å². The lowest BCUT2D eigenvalue weighted by molar-refractivity contribution is 0.399. The third kappa shape index (κ3) is 4.73. The number of phenolic OH excluding ortho intramolecular Hbond substituents is 3. The normalized spacial score (nSPS) is 10.0. The molecule has 0 aliphatic heterocycles. The first-order valence-electron chi connectivity index (χ1n) is 5.58. The Kier molecular flexibility index (Phi) is 5.44. The van der Waals surface area contributed by atoms with Crippen LogP contribution in [0.3, 0.4) is 0 Å². The molecule has 0 saturated heterocycles. The fourth-order valence-corrected chi connectivity index (χ4v) is 1.49. The molecule has 0 aromatic heterocycles. The molecule has 0 saturated carbocycles. The van der Waals surface area contributed by atoms with E-state index in [9.17, 15) is 10.2 Å². The molecule has 4 heteroatoms. The van der Waals surface area contributed by atoms with Gasteiger partial charge >= 0.3 is 0 Å². The average molecular weight is 260 g/mol. The molecule has 0 bridgehead atoms. The molecule has 100 valence electrons. The molecule has 0 amide bonds. The maximum Gasteiger partial charge on any atom is 0.119 e. The van der Waals surface area contributed by atoms with E-state index in [0.29, 0.717) is 5.56 Å². The number of aliphatic hydroxyl groups excluding tert-OH is 1. The maximum absolute atomic E-state index is 9.30. The van der Waals surface area contributed by atoms with Crippen LogP contribution >= 0.6 is 0 Å². The van der Waals surface area contributed by atoms with E-state index < -0.39 is 0 Å². The Morgan fingerprint density at radius 1 is 0.632 bits per heavy atom. The minimum Gasteiger partial charge on any atom is -0.508 e. The largest absolute Gasteiger partial charge is 0.508 e. The number of phenols is 3. The van der Waals surface area contributed by atoms with Crippen molar-refractivity contribution in [3.63, 3.8) is 0 Å². The lowest BCUT2D eigenvalue weighted by atomic mass is 10.1. The molecule has 0 unspecified atom stereocenters. The number of hydrogen-bond donors (Lipinski definition) is 4. The molecule has 0 aliphatic rings. The molecule has 2 aromatic carbocycles. The van der Waals surface area contributed by atoms with Crippen molar-refractivity contribution in [2.75, 3.05) is 7.11 Å². The molecule has 4 nitrogen and oxygen atoms in total. The Morgan fingerprint density at radius 2 is 1.11 bits per heavy atom. The van der Waals surface area contributed by atoms with Gasteiger partial charge in [-0.1, -0.05) is 24.3 Å². The van der Waals surface area contributed by atoms with Crippen LogP contribution < -0.4 is 0 Å². The van der Waals surface area contributed by atoms with E-state index in [4.69, 9.17) is 10.2 Å². The molecule has 0 heterocycles. The monoisotopic (exact) mass is 260 g/mol. The second-order valence-corrected chi connectivity index (χ2v) is 3.71. The highest BCUT2D eigenvalue weighted by atomic mass is 16.3. The molecule has 0 fully saturated rings. The molecule has 0 aliphatic carbocycles. The van der Waals surface area contributed by atoms with Gasteiger partial charge in [-0.3, -0.25) is 0 Å². The maximum atomic E-state index is 9.30. The van der Waals surface area contributed by atoms with E-state index in [0.717, 1.165) is 12.7 Å². The van der Waals surface area contributed by atoms with Gasteiger partial charge in [0.2, 0.25) is 0 Å². The molecule has 2 aromatic rings.